The lowest BCUT2D eigenvalue weighted by Gasteiger charge is -2.09. The van der Waals surface area contributed by atoms with Gasteiger partial charge in [-0.25, -0.2) is 13.1 Å². The molecule has 0 unspecified atom stereocenters. The summed E-state index contributed by atoms with van der Waals surface area (Å²) in [6, 6.07) is 4.67. The fourth-order valence-electron chi connectivity index (χ4n) is 0.949. The van der Waals surface area contributed by atoms with Gasteiger partial charge in [0.2, 0.25) is 0 Å². The Morgan fingerprint density at radius 3 is 2.50 bits per heavy atom. The topological polar surface area (TPSA) is 59.1 Å². The van der Waals surface area contributed by atoms with E-state index in [1.165, 1.54) is 10.8 Å². The first kappa shape index (κ1) is 12.9. The van der Waals surface area contributed by atoms with E-state index in [1.54, 1.807) is 19.1 Å². The third kappa shape index (κ3) is 3.17. The van der Waals surface area contributed by atoms with Crippen LogP contribution in [0, 0.1) is 6.92 Å². The number of rotatable bonds is 3. The Bertz CT molecular complexity index is 470. The van der Waals surface area contributed by atoms with E-state index in [0.717, 1.165) is 0 Å². The van der Waals surface area contributed by atoms with Crippen LogP contribution in [0.2, 0.25) is 0 Å². The van der Waals surface area contributed by atoms with Crippen molar-refractivity contribution in [2.24, 2.45) is 0 Å². The number of aromatic nitrogens is 1. The predicted octanol–water partition coefficient (Wildman–Crippen LogP) is 1.33. The van der Waals surface area contributed by atoms with E-state index in [2.05, 4.69) is 4.98 Å². The third-order valence-corrected chi connectivity index (χ3v) is 2.83. The maximum Gasteiger partial charge on any atom is 0.511 e. The van der Waals surface area contributed by atoms with Gasteiger partial charge in [0, 0.05) is 5.69 Å². The Hall–Kier alpha value is -1.15. The number of halogens is 3. The van der Waals surface area contributed by atoms with Gasteiger partial charge in [-0.15, -0.1) is 0 Å². The van der Waals surface area contributed by atoms with Crippen molar-refractivity contribution in [3.05, 3.63) is 29.6 Å². The SMILES string of the molecule is Cc1cccc(CNS(=O)(=O)C(F)(F)F)n1. The van der Waals surface area contributed by atoms with Gasteiger partial charge >= 0.3 is 15.5 Å². The van der Waals surface area contributed by atoms with E-state index in [-0.39, 0.29) is 5.69 Å². The molecule has 1 aromatic rings. The van der Waals surface area contributed by atoms with Gasteiger partial charge in [0.25, 0.3) is 0 Å². The van der Waals surface area contributed by atoms with Crippen molar-refractivity contribution in [1.29, 1.82) is 0 Å². The van der Waals surface area contributed by atoms with Crippen molar-refractivity contribution in [2.45, 2.75) is 19.0 Å². The monoisotopic (exact) mass is 254 g/mol. The zero-order valence-electron chi connectivity index (χ0n) is 8.25. The van der Waals surface area contributed by atoms with Crippen LogP contribution in [0.25, 0.3) is 0 Å². The molecule has 0 aliphatic heterocycles. The van der Waals surface area contributed by atoms with Crippen LogP contribution in [-0.2, 0) is 16.6 Å². The van der Waals surface area contributed by atoms with Gasteiger partial charge in [-0.05, 0) is 19.1 Å². The lowest BCUT2D eigenvalue weighted by atomic mass is 10.3. The molecule has 90 valence electrons. The Morgan fingerprint density at radius 2 is 2.00 bits per heavy atom. The molecule has 0 saturated carbocycles. The molecule has 0 bridgehead atoms. The van der Waals surface area contributed by atoms with E-state index in [1.807, 2.05) is 0 Å². The highest BCUT2D eigenvalue weighted by Gasteiger charge is 2.45. The van der Waals surface area contributed by atoms with Crippen LogP contribution in [0.15, 0.2) is 18.2 Å². The molecular weight excluding hydrogens is 245 g/mol. The lowest BCUT2D eigenvalue weighted by Crippen LogP contribution is -2.36. The first-order chi connectivity index (χ1) is 7.22. The van der Waals surface area contributed by atoms with Crippen LogP contribution >= 0.6 is 0 Å². The van der Waals surface area contributed by atoms with Gasteiger partial charge < -0.3 is 0 Å². The quantitative estimate of drug-likeness (QED) is 0.885. The fraction of sp³-hybridized carbons (Fsp3) is 0.375. The summed E-state index contributed by atoms with van der Waals surface area (Å²) in [4.78, 5) is 3.86. The first-order valence-corrected chi connectivity index (χ1v) is 5.69. The average Bonchev–Trinajstić information content (AvgIpc) is 2.13. The lowest BCUT2D eigenvalue weighted by molar-refractivity contribution is -0.0448. The van der Waals surface area contributed by atoms with E-state index in [4.69, 9.17) is 0 Å². The molecule has 0 atom stereocenters. The molecule has 16 heavy (non-hydrogen) atoms. The summed E-state index contributed by atoms with van der Waals surface area (Å²) in [5, 5.41) is 0. The fourth-order valence-corrected chi connectivity index (χ4v) is 1.45. The van der Waals surface area contributed by atoms with Gasteiger partial charge in [-0.3, -0.25) is 4.98 Å². The molecule has 1 heterocycles. The maximum absolute atomic E-state index is 11.9. The van der Waals surface area contributed by atoms with Gasteiger partial charge in [-0.2, -0.15) is 13.2 Å². The number of hydrogen-bond donors (Lipinski definition) is 1. The minimum absolute atomic E-state index is 0.229. The summed E-state index contributed by atoms with van der Waals surface area (Å²) in [6.07, 6.45) is 0. The van der Waals surface area contributed by atoms with Crippen molar-refractivity contribution in [3.63, 3.8) is 0 Å². The van der Waals surface area contributed by atoms with Crippen LogP contribution in [0.1, 0.15) is 11.4 Å². The van der Waals surface area contributed by atoms with Gasteiger partial charge in [0.15, 0.2) is 0 Å². The standard InChI is InChI=1S/C8H9F3N2O2S/c1-6-3-2-4-7(13-6)5-12-16(14,15)8(9,10)11/h2-4,12H,5H2,1H3. The van der Waals surface area contributed by atoms with Crippen LogP contribution in [0.3, 0.4) is 0 Å². The highest BCUT2D eigenvalue weighted by atomic mass is 32.2. The summed E-state index contributed by atoms with van der Waals surface area (Å²) < 4.78 is 58.6. The van der Waals surface area contributed by atoms with Crippen LogP contribution < -0.4 is 4.72 Å². The van der Waals surface area contributed by atoms with Gasteiger partial charge in [-0.1, -0.05) is 6.07 Å². The van der Waals surface area contributed by atoms with Crippen molar-refractivity contribution < 1.29 is 21.6 Å². The molecule has 0 aromatic carbocycles. The minimum Gasteiger partial charge on any atom is -0.257 e. The molecule has 1 N–H and O–H groups in total. The molecule has 1 rings (SSSR count). The largest absolute Gasteiger partial charge is 0.511 e. The molecule has 0 fully saturated rings. The number of sulfonamides is 1. The van der Waals surface area contributed by atoms with Crippen LogP contribution in [-0.4, -0.2) is 18.9 Å². The maximum atomic E-state index is 11.9. The molecule has 8 heteroatoms. The van der Waals surface area contributed by atoms with Gasteiger partial charge in [0.1, 0.15) is 0 Å². The average molecular weight is 254 g/mol. The Balaban J connectivity index is 2.73. The number of hydrogen-bond acceptors (Lipinski definition) is 3. The zero-order valence-corrected chi connectivity index (χ0v) is 9.06. The van der Waals surface area contributed by atoms with Crippen molar-refractivity contribution >= 4 is 10.0 Å². The van der Waals surface area contributed by atoms with Crippen molar-refractivity contribution in [2.75, 3.05) is 0 Å². The summed E-state index contributed by atoms with van der Waals surface area (Å²) in [5.74, 6) is 0. The molecule has 0 amide bonds. The number of alkyl halides is 3. The zero-order chi connectivity index (χ0) is 12.4. The summed E-state index contributed by atoms with van der Waals surface area (Å²) >= 11 is 0. The van der Waals surface area contributed by atoms with Crippen LogP contribution in [0.5, 0.6) is 0 Å². The summed E-state index contributed by atoms with van der Waals surface area (Å²) in [5.41, 5.74) is -4.46. The second kappa shape index (κ2) is 4.38. The molecule has 4 nitrogen and oxygen atoms in total. The number of nitrogens with one attached hydrogen (secondary N) is 1. The highest BCUT2D eigenvalue weighted by Crippen LogP contribution is 2.21. The minimum atomic E-state index is -5.30. The second-order valence-corrected chi connectivity index (χ2v) is 4.80. The number of nitrogens with zero attached hydrogens (tertiary/aromatic N) is 1. The molecular formula is C8H9F3N2O2S. The Morgan fingerprint density at radius 1 is 1.38 bits per heavy atom. The molecule has 0 radical (unpaired) electrons. The smallest absolute Gasteiger partial charge is 0.257 e. The normalized spacial score (nSPS) is 12.8. The third-order valence-electron chi connectivity index (χ3n) is 1.69. The molecule has 0 saturated heterocycles. The van der Waals surface area contributed by atoms with Crippen molar-refractivity contribution in [1.82, 2.24) is 9.71 Å². The van der Waals surface area contributed by atoms with Gasteiger partial charge in [0.05, 0.1) is 12.2 Å². The van der Waals surface area contributed by atoms with Crippen molar-refractivity contribution in [3.8, 4) is 0 Å². The second-order valence-electron chi connectivity index (χ2n) is 3.04. The molecule has 0 aliphatic rings. The summed E-state index contributed by atoms with van der Waals surface area (Å²) in [7, 11) is -5.30. The molecule has 0 aliphatic carbocycles. The molecule has 1 aromatic heterocycles. The van der Waals surface area contributed by atoms with Crippen LogP contribution in [0.4, 0.5) is 13.2 Å². The van der Waals surface area contributed by atoms with E-state index >= 15 is 0 Å². The number of pyridine rings is 1. The highest BCUT2D eigenvalue weighted by molar-refractivity contribution is 7.90. The van der Waals surface area contributed by atoms with E-state index in [0.29, 0.717) is 5.69 Å². The Labute approximate surface area is 90.6 Å². The van der Waals surface area contributed by atoms with E-state index < -0.39 is 22.1 Å². The Kier molecular flexibility index (Phi) is 3.54. The van der Waals surface area contributed by atoms with E-state index in [9.17, 15) is 21.6 Å². The number of aryl methyl sites for hydroxylation is 1. The molecule has 0 spiro atoms. The summed E-state index contributed by atoms with van der Waals surface area (Å²) in [6.45, 7) is 1.17. The predicted molar refractivity (Wildman–Crippen MR) is 50.8 cm³/mol. The first-order valence-electron chi connectivity index (χ1n) is 4.21.